The van der Waals surface area contributed by atoms with Crippen molar-refractivity contribution in [2.75, 3.05) is 26.7 Å². The lowest BCUT2D eigenvalue weighted by Gasteiger charge is -2.31. The molecule has 1 N–H and O–H groups in total. The minimum absolute atomic E-state index is 0.0372. The number of nitrogens with zero attached hydrogens (tertiary/aromatic N) is 1. The number of ketones is 1. The van der Waals surface area contributed by atoms with E-state index in [2.05, 4.69) is 5.32 Å². The van der Waals surface area contributed by atoms with Gasteiger partial charge in [0.2, 0.25) is 10.0 Å². The number of rotatable bonds is 6. The maximum absolute atomic E-state index is 12.7. The average Bonchev–Trinajstić information content (AvgIpc) is 2.55. The number of carbonyl (C=O) groups excluding carboxylic acids is 1. The van der Waals surface area contributed by atoms with Crippen molar-refractivity contribution in [1.82, 2.24) is 9.62 Å². The molecule has 0 aromatic heterocycles. The molecule has 0 unspecified atom stereocenters. The van der Waals surface area contributed by atoms with E-state index >= 15 is 0 Å². The molecule has 22 heavy (non-hydrogen) atoms. The highest BCUT2D eigenvalue weighted by molar-refractivity contribution is 7.89. The highest BCUT2D eigenvalue weighted by atomic mass is 32.2. The Labute approximate surface area is 132 Å². The maximum Gasteiger partial charge on any atom is 0.243 e. The fourth-order valence-electron chi connectivity index (χ4n) is 2.83. The van der Waals surface area contributed by atoms with Crippen LogP contribution in [0.1, 0.15) is 36.5 Å². The quantitative estimate of drug-likeness (QED) is 0.812. The standard InChI is InChI=1S/C16H24N2O3S/c1-3-16(19)14-5-4-6-15(11-14)22(20,21)18-9-7-13(8-10-18)12-17-2/h4-6,11,13,17H,3,7-10,12H2,1-2H3. The lowest BCUT2D eigenvalue weighted by molar-refractivity contribution is 0.0988. The zero-order valence-electron chi connectivity index (χ0n) is 13.2. The molecule has 1 aliphatic heterocycles. The van der Waals surface area contributed by atoms with Crippen LogP contribution in [0.3, 0.4) is 0 Å². The fourth-order valence-corrected chi connectivity index (χ4v) is 4.34. The summed E-state index contributed by atoms with van der Waals surface area (Å²) in [6.07, 6.45) is 2.11. The second kappa shape index (κ2) is 7.35. The summed E-state index contributed by atoms with van der Waals surface area (Å²) in [5.41, 5.74) is 0.466. The minimum atomic E-state index is -3.50. The fraction of sp³-hybridized carbons (Fsp3) is 0.562. The molecular formula is C16H24N2O3S. The molecule has 1 fully saturated rings. The van der Waals surface area contributed by atoms with Gasteiger partial charge in [0.05, 0.1) is 4.90 Å². The summed E-state index contributed by atoms with van der Waals surface area (Å²) in [6.45, 7) is 3.78. The van der Waals surface area contributed by atoms with Gasteiger partial charge >= 0.3 is 0 Å². The molecule has 0 saturated carbocycles. The zero-order chi connectivity index (χ0) is 16.2. The third kappa shape index (κ3) is 3.74. The van der Waals surface area contributed by atoms with E-state index in [1.54, 1.807) is 25.1 Å². The number of carbonyl (C=O) groups is 1. The maximum atomic E-state index is 12.7. The van der Waals surface area contributed by atoms with Gasteiger partial charge in [0.1, 0.15) is 0 Å². The van der Waals surface area contributed by atoms with Gasteiger partial charge in [-0.2, -0.15) is 4.31 Å². The van der Waals surface area contributed by atoms with Gasteiger partial charge in [-0.15, -0.1) is 0 Å². The predicted octanol–water partition coefficient (Wildman–Crippen LogP) is 1.90. The smallest absolute Gasteiger partial charge is 0.243 e. The van der Waals surface area contributed by atoms with Crippen molar-refractivity contribution in [3.8, 4) is 0 Å². The second-order valence-corrected chi connectivity index (χ2v) is 7.65. The van der Waals surface area contributed by atoms with Crippen LogP contribution in [0.15, 0.2) is 29.2 Å². The van der Waals surface area contributed by atoms with Crippen LogP contribution in [-0.2, 0) is 10.0 Å². The number of nitrogens with one attached hydrogen (secondary N) is 1. The summed E-state index contributed by atoms with van der Waals surface area (Å²) in [5, 5.41) is 3.14. The highest BCUT2D eigenvalue weighted by Crippen LogP contribution is 2.24. The number of piperidine rings is 1. The van der Waals surface area contributed by atoms with Crippen LogP contribution in [0.25, 0.3) is 0 Å². The molecule has 1 aliphatic rings. The van der Waals surface area contributed by atoms with Crippen molar-refractivity contribution in [1.29, 1.82) is 0 Å². The molecule has 5 nitrogen and oxygen atoms in total. The first-order valence-corrected chi connectivity index (χ1v) is 9.21. The second-order valence-electron chi connectivity index (χ2n) is 5.71. The normalized spacial score (nSPS) is 17.5. The number of sulfonamides is 1. The molecule has 0 spiro atoms. The van der Waals surface area contributed by atoms with Crippen LogP contribution in [0.4, 0.5) is 0 Å². The summed E-state index contributed by atoms with van der Waals surface area (Å²) in [4.78, 5) is 12.0. The Morgan fingerprint density at radius 3 is 2.59 bits per heavy atom. The van der Waals surface area contributed by atoms with Crippen molar-refractivity contribution in [2.24, 2.45) is 5.92 Å². The van der Waals surface area contributed by atoms with Crippen molar-refractivity contribution < 1.29 is 13.2 Å². The molecular weight excluding hydrogens is 300 g/mol. The lowest BCUT2D eigenvalue weighted by Crippen LogP contribution is -2.40. The van der Waals surface area contributed by atoms with E-state index in [-0.39, 0.29) is 10.7 Å². The molecule has 0 bridgehead atoms. The van der Waals surface area contributed by atoms with Crippen LogP contribution in [0.2, 0.25) is 0 Å². The Hall–Kier alpha value is -1.24. The van der Waals surface area contributed by atoms with Gasteiger partial charge in [0, 0.05) is 25.1 Å². The molecule has 1 heterocycles. The van der Waals surface area contributed by atoms with Gasteiger partial charge in [-0.05, 0) is 44.5 Å². The Bertz CT molecular complexity index is 620. The Morgan fingerprint density at radius 1 is 1.32 bits per heavy atom. The summed E-state index contributed by atoms with van der Waals surface area (Å²) in [6, 6.07) is 6.38. The zero-order valence-corrected chi connectivity index (χ0v) is 14.0. The Morgan fingerprint density at radius 2 is 2.00 bits per heavy atom. The molecule has 2 rings (SSSR count). The van der Waals surface area contributed by atoms with Gasteiger partial charge in [-0.3, -0.25) is 4.79 Å². The van der Waals surface area contributed by atoms with Gasteiger partial charge < -0.3 is 5.32 Å². The largest absolute Gasteiger partial charge is 0.319 e. The Balaban J connectivity index is 2.16. The Kier molecular flexibility index (Phi) is 5.72. The summed E-state index contributed by atoms with van der Waals surface area (Å²) < 4.78 is 27.0. The molecule has 1 aromatic rings. The predicted molar refractivity (Wildman–Crippen MR) is 86.5 cm³/mol. The first-order valence-electron chi connectivity index (χ1n) is 7.77. The summed E-state index contributed by atoms with van der Waals surface area (Å²) in [7, 11) is -1.59. The number of benzene rings is 1. The van der Waals surface area contributed by atoms with Crippen molar-refractivity contribution in [3.05, 3.63) is 29.8 Å². The summed E-state index contributed by atoms with van der Waals surface area (Å²) >= 11 is 0. The third-order valence-electron chi connectivity index (χ3n) is 4.18. The van der Waals surface area contributed by atoms with Crippen LogP contribution in [-0.4, -0.2) is 45.2 Å². The van der Waals surface area contributed by atoms with Crippen LogP contribution in [0.5, 0.6) is 0 Å². The van der Waals surface area contributed by atoms with Crippen molar-refractivity contribution >= 4 is 15.8 Å². The molecule has 0 radical (unpaired) electrons. The van der Waals surface area contributed by atoms with Gasteiger partial charge in [-0.1, -0.05) is 19.1 Å². The van der Waals surface area contributed by atoms with Crippen molar-refractivity contribution in [3.63, 3.8) is 0 Å². The molecule has 6 heteroatoms. The van der Waals surface area contributed by atoms with Gasteiger partial charge in [0.25, 0.3) is 0 Å². The summed E-state index contributed by atoms with van der Waals surface area (Å²) in [5.74, 6) is 0.495. The first-order chi connectivity index (χ1) is 10.5. The van der Waals surface area contributed by atoms with E-state index in [9.17, 15) is 13.2 Å². The topological polar surface area (TPSA) is 66.5 Å². The number of Topliss-reactive ketones (excluding diaryl/α,β-unsaturated/α-hetero) is 1. The minimum Gasteiger partial charge on any atom is -0.319 e. The molecule has 1 saturated heterocycles. The average molecular weight is 324 g/mol. The SMILES string of the molecule is CCC(=O)c1cccc(S(=O)(=O)N2CCC(CNC)CC2)c1. The van der Waals surface area contributed by atoms with Crippen LogP contribution >= 0.6 is 0 Å². The van der Waals surface area contributed by atoms with E-state index in [1.165, 1.54) is 10.4 Å². The third-order valence-corrected chi connectivity index (χ3v) is 6.08. The number of hydrogen-bond donors (Lipinski definition) is 1. The van der Waals surface area contributed by atoms with E-state index in [0.29, 0.717) is 31.0 Å². The van der Waals surface area contributed by atoms with Crippen molar-refractivity contribution in [2.45, 2.75) is 31.1 Å². The van der Waals surface area contributed by atoms with Gasteiger partial charge in [-0.25, -0.2) is 8.42 Å². The molecule has 122 valence electrons. The monoisotopic (exact) mass is 324 g/mol. The number of hydrogen-bond acceptors (Lipinski definition) is 4. The lowest BCUT2D eigenvalue weighted by atomic mass is 9.98. The van der Waals surface area contributed by atoms with Crippen LogP contribution < -0.4 is 5.32 Å². The molecule has 1 aromatic carbocycles. The van der Waals surface area contributed by atoms with E-state index < -0.39 is 10.0 Å². The molecule has 0 aliphatic carbocycles. The van der Waals surface area contributed by atoms with Gasteiger partial charge in [0.15, 0.2) is 5.78 Å². The van der Waals surface area contributed by atoms with E-state index in [1.807, 2.05) is 7.05 Å². The van der Waals surface area contributed by atoms with Crippen LogP contribution in [0, 0.1) is 5.92 Å². The van der Waals surface area contributed by atoms with E-state index in [4.69, 9.17) is 0 Å². The first kappa shape index (κ1) is 17.1. The van der Waals surface area contributed by atoms with E-state index in [0.717, 1.165) is 19.4 Å². The molecule has 0 amide bonds. The highest BCUT2D eigenvalue weighted by Gasteiger charge is 2.29. The molecule has 0 atom stereocenters.